The molecule has 1 heterocycles. The number of hydrogen-bond donors (Lipinski definition) is 1. The number of anilines is 1. The average Bonchev–Trinajstić information content (AvgIpc) is 3.26. The van der Waals surface area contributed by atoms with Gasteiger partial charge in [0.2, 0.25) is 11.8 Å². The Morgan fingerprint density at radius 2 is 1.76 bits per heavy atom. The van der Waals surface area contributed by atoms with Crippen LogP contribution in [-0.2, 0) is 19.7 Å². The van der Waals surface area contributed by atoms with Gasteiger partial charge in [-0.1, -0.05) is 44.5 Å². The molecule has 4 aliphatic carbocycles. The summed E-state index contributed by atoms with van der Waals surface area (Å²) >= 11 is 6.50. The van der Waals surface area contributed by atoms with E-state index in [1.165, 1.54) is 19.3 Å². The largest absolute Gasteiger partial charge is 0.385 e. The number of carbonyl (C=O) groups is 2. The minimum absolute atomic E-state index is 0.0167. The Balaban J connectivity index is 1.37. The standard InChI is InChI=1S/C30H41ClN4O3/c1-29(2,3)25-15-26(35(33-25)24-9-6-5-8-23(24)31)32-27(36)19-34(10-7-11-38-4)28(37)30-16-20-12-21(17-30)14-22(13-20)18-30/h5-6,8-9,15,20-22H,7,10-14,16-19H2,1-4H3,(H,32,36). The predicted molar refractivity (Wildman–Crippen MR) is 150 cm³/mol. The van der Waals surface area contributed by atoms with E-state index in [9.17, 15) is 9.59 Å². The highest BCUT2D eigenvalue weighted by atomic mass is 35.5. The summed E-state index contributed by atoms with van der Waals surface area (Å²) in [5.41, 5.74) is 1.03. The fraction of sp³-hybridized carbons (Fsp3) is 0.633. The van der Waals surface area contributed by atoms with Crippen LogP contribution in [0.15, 0.2) is 30.3 Å². The summed E-state index contributed by atoms with van der Waals surface area (Å²) < 4.78 is 6.96. The molecule has 38 heavy (non-hydrogen) atoms. The lowest BCUT2D eigenvalue weighted by atomic mass is 9.49. The fourth-order valence-electron chi connectivity index (χ4n) is 7.36. The lowest BCUT2D eigenvalue weighted by Crippen LogP contribution is -2.55. The highest BCUT2D eigenvalue weighted by molar-refractivity contribution is 6.32. The molecular weight excluding hydrogens is 500 g/mol. The number of ether oxygens (including phenoxy) is 1. The van der Waals surface area contributed by atoms with Gasteiger partial charge < -0.3 is 15.0 Å². The van der Waals surface area contributed by atoms with Gasteiger partial charge in [-0.3, -0.25) is 9.59 Å². The highest BCUT2D eigenvalue weighted by Crippen LogP contribution is 2.60. The van der Waals surface area contributed by atoms with Crippen molar-refractivity contribution in [1.82, 2.24) is 14.7 Å². The number of para-hydroxylation sites is 1. The number of methoxy groups -OCH3 is 1. The maximum Gasteiger partial charge on any atom is 0.245 e. The molecule has 0 radical (unpaired) electrons. The van der Waals surface area contributed by atoms with Crippen molar-refractivity contribution in [2.45, 2.75) is 71.1 Å². The molecule has 1 aromatic heterocycles. The first kappa shape index (κ1) is 27.2. The highest BCUT2D eigenvalue weighted by Gasteiger charge is 2.55. The van der Waals surface area contributed by atoms with E-state index in [-0.39, 0.29) is 29.2 Å². The third-order valence-corrected chi connectivity index (χ3v) is 9.04. The molecule has 2 amide bonds. The fourth-order valence-corrected chi connectivity index (χ4v) is 7.58. The summed E-state index contributed by atoms with van der Waals surface area (Å²) in [5.74, 6) is 2.49. The molecule has 0 atom stereocenters. The predicted octanol–water partition coefficient (Wildman–Crippen LogP) is 5.84. The van der Waals surface area contributed by atoms with Crippen molar-refractivity contribution in [3.8, 4) is 5.69 Å². The maximum absolute atomic E-state index is 14.1. The molecule has 0 spiro atoms. The number of amides is 2. The zero-order chi connectivity index (χ0) is 27.1. The number of nitrogens with one attached hydrogen (secondary N) is 1. The average molecular weight is 541 g/mol. The van der Waals surface area contributed by atoms with Crippen LogP contribution in [0.2, 0.25) is 5.02 Å². The Hall–Kier alpha value is -2.38. The molecule has 8 heteroatoms. The van der Waals surface area contributed by atoms with E-state index in [4.69, 9.17) is 21.4 Å². The smallest absolute Gasteiger partial charge is 0.245 e. The van der Waals surface area contributed by atoms with Crippen molar-refractivity contribution >= 4 is 29.2 Å². The van der Waals surface area contributed by atoms with Crippen LogP contribution in [-0.4, -0.2) is 53.3 Å². The first-order chi connectivity index (χ1) is 18.1. The van der Waals surface area contributed by atoms with E-state index in [0.717, 1.165) is 25.0 Å². The molecule has 4 saturated carbocycles. The Kier molecular flexibility index (Phi) is 7.62. The second kappa shape index (κ2) is 10.6. The SMILES string of the molecule is COCCCN(CC(=O)Nc1cc(C(C)(C)C)nn1-c1ccccc1Cl)C(=O)C12CC3CC(CC(C3)C1)C2. The van der Waals surface area contributed by atoms with Gasteiger partial charge in [0.05, 0.1) is 28.4 Å². The first-order valence-corrected chi connectivity index (χ1v) is 14.4. The van der Waals surface area contributed by atoms with Gasteiger partial charge >= 0.3 is 0 Å². The molecule has 0 unspecified atom stereocenters. The van der Waals surface area contributed by atoms with Gasteiger partial charge in [0.25, 0.3) is 0 Å². The molecule has 4 aliphatic rings. The van der Waals surface area contributed by atoms with Crippen LogP contribution in [0.1, 0.15) is 71.4 Å². The molecule has 4 bridgehead atoms. The van der Waals surface area contributed by atoms with Crippen LogP contribution in [0.25, 0.3) is 5.69 Å². The molecule has 206 valence electrons. The Morgan fingerprint density at radius 1 is 1.13 bits per heavy atom. The van der Waals surface area contributed by atoms with Crippen molar-refractivity contribution in [3.63, 3.8) is 0 Å². The third kappa shape index (κ3) is 5.50. The summed E-state index contributed by atoms with van der Waals surface area (Å²) in [6.07, 6.45) is 7.47. The van der Waals surface area contributed by atoms with Gasteiger partial charge in [-0.2, -0.15) is 5.10 Å². The second-order valence-electron chi connectivity index (χ2n) is 12.8. The van der Waals surface area contributed by atoms with Gasteiger partial charge in [0, 0.05) is 31.7 Å². The van der Waals surface area contributed by atoms with Crippen LogP contribution in [0.5, 0.6) is 0 Å². The zero-order valence-electron chi connectivity index (χ0n) is 23.1. The zero-order valence-corrected chi connectivity index (χ0v) is 23.9. The van der Waals surface area contributed by atoms with Gasteiger partial charge in [-0.05, 0) is 74.8 Å². The normalized spacial score (nSPS) is 26.0. The van der Waals surface area contributed by atoms with Gasteiger partial charge in [0.15, 0.2) is 0 Å². The molecule has 4 fully saturated rings. The summed E-state index contributed by atoms with van der Waals surface area (Å²) in [6.45, 7) is 7.33. The van der Waals surface area contributed by atoms with E-state index in [1.54, 1.807) is 16.7 Å². The number of carbonyl (C=O) groups excluding carboxylic acids is 2. The number of rotatable bonds is 9. The molecule has 1 aromatic carbocycles. The molecule has 0 aliphatic heterocycles. The summed E-state index contributed by atoms with van der Waals surface area (Å²) in [7, 11) is 1.67. The van der Waals surface area contributed by atoms with E-state index < -0.39 is 0 Å². The van der Waals surface area contributed by atoms with E-state index >= 15 is 0 Å². The van der Waals surface area contributed by atoms with Crippen LogP contribution in [0, 0.1) is 23.2 Å². The lowest BCUT2D eigenvalue weighted by Gasteiger charge is -2.56. The Labute approximate surface area is 231 Å². The van der Waals surface area contributed by atoms with Crippen molar-refractivity contribution < 1.29 is 14.3 Å². The lowest BCUT2D eigenvalue weighted by molar-refractivity contribution is -0.159. The number of benzene rings is 1. The molecule has 0 saturated heterocycles. The Morgan fingerprint density at radius 3 is 2.34 bits per heavy atom. The van der Waals surface area contributed by atoms with Gasteiger partial charge in [0.1, 0.15) is 5.82 Å². The third-order valence-electron chi connectivity index (χ3n) is 8.72. The molecule has 7 nitrogen and oxygen atoms in total. The first-order valence-electron chi connectivity index (χ1n) is 14.0. The van der Waals surface area contributed by atoms with Crippen LogP contribution >= 0.6 is 11.6 Å². The number of hydrogen-bond acceptors (Lipinski definition) is 4. The van der Waals surface area contributed by atoms with Gasteiger partial charge in [-0.25, -0.2) is 4.68 Å². The molecule has 6 rings (SSSR count). The van der Waals surface area contributed by atoms with E-state index in [1.807, 2.05) is 30.3 Å². The van der Waals surface area contributed by atoms with Crippen LogP contribution in [0.4, 0.5) is 5.82 Å². The van der Waals surface area contributed by atoms with Crippen molar-refractivity contribution in [1.29, 1.82) is 0 Å². The van der Waals surface area contributed by atoms with E-state index in [2.05, 4.69) is 26.1 Å². The van der Waals surface area contributed by atoms with E-state index in [0.29, 0.717) is 53.9 Å². The minimum Gasteiger partial charge on any atom is -0.385 e. The Bertz CT molecular complexity index is 1150. The summed E-state index contributed by atoms with van der Waals surface area (Å²) in [5, 5.41) is 8.39. The molecule has 2 aromatic rings. The molecular formula is C30H41ClN4O3. The molecule has 1 N–H and O–H groups in total. The number of aromatic nitrogens is 2. The van der Waals surface area contributed by atoms with Gasteiger partial charge in [-0.15, -0.1) is 0 Å². The van der Waals surface area contributed by atoms with Crippen molar-refractivity contribution in [2.75, 3.05) is 32.1 Å². The van der Waals surface area contributed by atoms with Crippen molar-refractivity contribution in [2.24, 2.45) is 23.2 Å². The number of nitrogens with zero attached hydrogens (tertiary/aromatic N) is 3. The van der Waals surface area contributed by atoms with Crippen LogP contribution < -0.4 is 5.32 Å². The monoisotopic (exact) mass is 540 g/mol. The summed E-state index contributed by atoms with van der Waals surface area (Å²) in [6, 6.07) is 9.35. The number of halogens is 1. The minimum atomic E-state index is -0.291. The topological polar surface area (TPSA) is 76.5 Å². The van der Waals surface area contributed by atoms with Crippen molar-refractivity contribution in [3.05, 3.63) is 41.0 Å². The maximum atomic E-state index is 14.1. The quantitative estimate of drug-likeness (QED) is 0.405. The summed E-state index contributed by atoms with van der Waals surface area (Å²) in [4.78, 5) is 29.4. The van der Waals surface area contributed by atoms with Crippen LogP contribution in [0.3, 0.4) is 0 Å². The second-order valence-corrected chi connectivity index (χ2v) is 13.3.